The molecule has 0 aliphatic heterocycles. The van der Waals surface area contributed by atoms with Crippen LogP contribution in [0.5, 0.6) is 0 Å². The van der Waals surface area contributed by atoms with Crippen LogP contribution >= 0.6 is 11.3 Å². The van der Waals surface area contributed by atoms with Gasteiger partial charge in [-0.25, -0.2) is 4.98 Å². The number of fused-ring (bicyclic) bond motifs is 8. The van der Waals surface area contributed by atoms with Gasteiger partial charge in [0.05, 0.1) is 11.0 Å². The van der Waals surface area contributed by atoms with E-state index in [2.05, 4.69) is 120 Å². The summed E-state index contributed by atoms with van der Waals surface area (Å²) in [6.45, 7) is 0. The summed E-state index contributed by atoms with van der Waals surface area (Å²) in [7, 11) is 0. The van der Waals surface area contributed by atoms with Crippen LogP contribution in [-0.4, -0.2) is 9.55 Å². The maximum absolute atomic E-state index is 4.92. The van der Waals surface area contributed by atoms with E-state index in [9.17, 15) is 0 Å². The van der Waals surface area contributed by atoms with Crippen molar-refractivity contribution in [3.63, 3.8) is 0 Å². The zero-order chi connectivity index (χ0) is 23.6. The fourth-order valence-electron chi connectivity index (χ4n) is 5.56. The van der Waals surface area contributed by atoms with E-state index in [-0.39, 0.29) is 0 Å². The first kappa shape index (κ1) is 19.8. The molecule has 2 aromatic heterocycles. The van der Waals surface area contributed by atoms with Gasteiger partial charge in [0.25, 0.3) is 0 Å². The third kappa shape index (κ3) is 2.81. The molecule has 6 aromatic carbocycles. The van der Waals surface area contributed by atoms with E-state index in [0.717, 1.165) is 16.7 Å². The molecule has 0 saturated carbocycles. The standard InChI is InChI=1S/C33H20N2S/c1-2-10-24(11-3-1)35-20-34-29-19-28(23-15-14-21-8-4-5-9-22(21)18-23)26-16-17-27-25-12-6-7-13-30(25)36-33(27)31(26)32(29)35/h1-20H. The fraction of sp³-hybridized carbons (Fsp3) is 0. The van der Waals surface area contributed by atoms with Crippen molar-refractivity contribution in [2.75, 3.05) is 0 Å². The molecule has 8 aromatic rings. The maximum Gasteiger partial charge on any atom is 0.100 e. The molecule has 0 aliphatic carbocycles. The van der Waals surface area contributed by atoms with Crippen LogP contribution in [0.4, 0.5) is 0 Å². The van der Waals surface area contributed by atoms with Crippen molar-refractivity contribution in [3.05, 3.63) is 122 Å². The number of para-hydroxylation sites is 1. The number of imidazole rings is 1. The van der Waals surface area contributed by atoms with Gasteiger partial charge in [0, 0.05) is 31.2 Å². The lowest BCUT2D eigenvalue weighted by molar-refractivity contribution is 1.10. The Balaban J connectivity index is 1.56. The number of benzene rings is 6. The van der Waals surface area contributed by atoms with Crippen molar-refractivity contribution < 1.29 is 0 Å². The predicted octanol–water partition coefficient (Wildman–Crippen LogP) is 9.37. The van der Waals surface area contributed by atoms with Crippen LogP contribution in [0.1, 0.15) is 0 Å². The molecule has 0 unspecified atom stereocenters. The largest absolute Gasteiger partial charge is 0.298 e. The minimum atomic E-state index is 1.01. The summed E-state index contributed by atoms with van der Waals surface area (Å²) in [5.74, 6) is 0. The van der Waals surface area contributed by atoms with E-state index in [1.807, 2.05) is 17.7 Å². The normalized spacial score (nSPS) is 11.9. The average Bonchev–Trinajstić information content (AvgIpc) is 3.54. The van der Waals surface area contributed by atoms with Crippen molar-refractivity contribution in [3.8, 4) is 16.8 Å². The van der Waals surface area contributed by atoms with Gasteiger partial charge >= 0.3 is 0 Å². The Labute approximate surface area is 211 Å². The van der Waals surface area contributed by atoms with E-state index >= 15 is 0 Å². The highest BCUT2D eigenvalue weighted by atomic mass is 32.1. The highest BCUT2D eigenvalue weighted by Crippen LogP contribution is 2.44. The van der Waals surface area contributed by atoms with E-state index in [1.165, 1.54) is 52.8 Å². The van der Waals surface area contributed by atoms with Crippen LogP contribution in [0.2, 0.25) is 0 Å². The monoisotopic (exact) mass is 476 g/mol. The molecule has 0 N–H and O–H groups in total. The zero-order valence-electron chi connectivity index (χ0n) is 19.3. The average molecular weight is 477 g/mol. The number of thiophene rings is 1. The molecule has 0 atom stereocenters. The lowest BCUT2D eigenvalue weighted by Gasteiger charge is -2.13. The summed E-state index contributed by atoms with van der Waals surface area (Å²) >= 11 is 1.88. The van der Waals surface area contributed by atoms with E-state index in [1.54, 1.807) is 0 Å². The smallest absolute Gasteiger partial charge is 0.100 e. The van der Waals surface area contributed by atoms with Crippen molar-refractivity contribution >= 4 is 64.1 Å². The highest BCUT2D eigenvalue weighted by molar-refractivity contribution is 7.26. The van der Waals surface area contributed by atoms with Crippen LogP contribution in [0, 0.1) is 0 Å². The SMILES string of the molecule is c1ccc(-n2cnc3cc(-c4ccc5ccccc5c4)c4ccc5c6ccccc6sc5c4c32)cc1. The molecule has 36 heavy (non-hydrogen) atoms. The molecule has 0 aliphatic rings. The van der Waals surface area contributed by atoms with Crippen molar-refractivity contribution in [2.45, 2.75) is 0 Å². The van der Waals surface area contributed by atoms with Crippen molar-refractivity contribution in [2.24, 2.45) is 0 Å². The van der Waals surface area contributed by atoms with Crippen molar-refractivity contribution in [1.29, 1.82) is 0 Å². The number of hydrogen-bond donors (Lipinski definition) is 0. The molecule has 0 radical (unpaired) electrons. The zero-order valence-corrected chi connectivity index (χ0v) is 20.2. The lowest BCUT2D eigenvalue weighted by Crippen LogP contribution is -1.93. The summed E-state index contributed by atoms with van der Waals surface area (Å²) in [5, 5.41) is 7.66. The summed E-state index contributed by atoms with van der Waals surface area (Å²) in [6.07, 6.45) is 1.97. The number of hydrogen-bond acceptors (Lipinski definition) is 2. The second-order valence-corrected chi connectivity index (χ2v) is 10.3. The Kier molecular flexibility index (Phi) is 4.13. The van der Waals surface area contributed by atoms with Crippen LogP contribution in [0.3, 0.4) is 0 Å². The maximum atomic E-state index is 4.92. The Hall–Kier alpha value is -4.47. The second kappa shape index (κ2) is 7.51. The number of aromatic nitrogens is 2. The molecule has 0 fully saturated rings. The predicted molar refractivity (Wildman–Crippen MR) is 154 cm³/mol. The summed E-state index contributed by atoms with van der Waals surface area (Å²) in [4.78, 5) is 4.92. The quantitative estimate of drug-likeness (QED) is 0.243. The third-order valence-corrected chi connectivity index (χ3v) is 8.45. The molecule has 2 heterocycles. The molecular weight excluding hydrogens is 456 g/mol. The molecule has 3 heteroatoms. The lowest BCUT2D eigenvalue weighted by atomic mass is 9.94. The van der Waals surface area contributed by atoms with Gasteiger partial charge in [-0.05, 0) is 57.6 Å². The van der Waals surface area contributed by atoms with Crippen LogP contribution in [-0.2, 0) is 0 Å². The van der Waals surface area contributed by atoms with Gasteiger partial charge in [0.15, 0.2) is 0 Å². The first-order valence-electron chi connectivity index (χ1n) is 12.1. The van der Waals surface area contributed by atoms with Gasteiger partial charge in [-0.2, -0.15) is 0 Å². The molecule has 2 nitrogen and oxygen atoms in total. The van der Waals surface area contributed by atoms with Crippen LogP contribution in [0.25, 0.3) is 69.6 Å². The first-order valence-corrected chi connectivity index (χ1v) is 13.0. The molecule has 0 spiro atoms. The topological polar surface area (TPSA) is 17.8 Å². The Morgan fingerprint density at radius 2 is 1.39 bits per heavy atom. The second-order valence-electron chi connectivity index (χ2n) is 9.27. The van der Waals surface area contributed by atoms with Crippen LogP contribution in [0.15, 0.2) is 122 Å². The fourth-order valence-corrected chi connectivity index (χ4v) is 6.81. The molecule has 0 bridgehead atoms. The van der Waals surface area contributed by atoms with Gasteiger partial charge in [0.1, 0.15) is 6.33 Å². The van der Waals surface area contributed by atoms with Gasteiger partial charge in [-0.15, -0.1) is 11.3 Å². The molecule has 8 rings (SSSR count). The molecule has 0 amide bonds. The number of nitrogens with zero attached hydrogens (tertiary/aromatic N) is 2. The number of rotatable bonds is 2. The first-order chi connectivity index (χ1) is 17.8. The Bertz CT molecular complexity index is 2100. The van der Waals surface area contributed by atoms with E-state index in [4.69, 9.17) is 4.98 Å². The Morgan fingerprint density at radius 3 is 2.31 bits per heavy atom. The van der Waals surface area contributed by atoms with Gasteiger partial charge in [-0.1, -0.05) is 84.9 Å². The van der Waals surface area contributed by atoms with E-state index < -0.39 is 0 Å². The van der Waals surface area contributed by atoms with E-state index in [0.29, 0.717) is 0 Å². The molecule has 168 valence electrons. The minimum absolute atomic E-state index is 1.01. The van der Waals surface area contributed by atoms with Gasteiger partial charge in [-0.3, -0.25) is 4.57 Å². The van der Waals surface area contributed by atoms with Crippen LogP contribution < -0.4 is 0 Å². The Morgan fingerprint density at radius 1 is 0.611 bits per heavy atom. The van der Waals surface area contributed by atoms with Crippen molar-refractivity contribution in [1.82, 2.24) is 9.55 Å². The summed E-state index contributed by atoms with van der Waals surface area (Å²) in [6, 6.07) is 41.5. The minimum Gasteiger partial charge on any atom is -0.298 e. The molecular formula is C33H20N2S. The van der Waals surface area contributed by atoms with Gasteiger partial charge in [0.2, 0.25) is 0 Å². The summed E-state index contributed by atoms with van der Waals surface area (Å²) < 4.78 is 4.88. The van der Waals surface area contributed by atoms with Gasteiger partial charge < -0.3 is 0 Å². The summed E-state index contributed by atoms with van der Waals surface area (Å²) in [5.41, 5.74) is 5.74. The third-order valence-electron chi connectivity index (χ3n) is 7.25. The highest BCUT2D eigenvalue weighted by Gasteiger charge is 2.18. The molecule has 0 saturated heterocycles.